The maximum atomic E-state index is 10.4. The zero-order valence-electron chi connectivity index (χ0n) is 19.0. The SMILES string of the molecule is C/C(=N/OC/C=C/c1cccc(C)c1)C(=O)O.Cc1cccc(/C=C/CON)c1.[H-].[Na+]. The number of benzene rings is 2. The van der Waals surface area contributed by atoms with Crippen molar-refractivity contribution in [1.82, 2.24) is 0 Å². The Morgan fingerprint density at radius 2 is 1.53 bits per heavy atom. The summed E-state index contributed by atoms with van der Waals surface area (Å²) in [7, 11) is 0. The molecule has 2 aromatic carbocycles. The summed E-state index contributed by atoms with van der Waals surface area (Å²) in [6, 6.07) is 16.3. The molecule has 0 unspecified atom stereocenters. The van der Waals surface area contributed by atoms with Crippen LogP contribution in [0.15, 0.2) is 65.8 Å². The standard InChI is InChI=1S/C13H15NO3.C10H13NO.Na.H/c1-10-5-3-6-12(9-10)7-4-8-17-14-11(2)13(15)16;1-9-4-2-5-10(8-9)6-3-7-12-11;;/h3-7,9H,8H2,1-2H3,(H,15,16);2-6,8H,7,11H2,1H3;;/q;;+1;-1/b7-4+,14-11-;6-3+;;. The van der Waals surface area contributed by atoms with Crippen LogP contribution in [-0.4, -0.2) is 30.0 Å². The number of aryl methyl sites for hydroxylation is 2. The van der Waals surface area contributed by atoms with Crippen LogP contribution in [0.1, 0.15) is 30.6 Å². The molecule has 0 aliphatic carbocycles. The van der Waals surface area contributed by atoms with E-state index in [0.29, 0.717) is 6.61 Å². The van der Waals surface area contributed by atoms with Gasteiger partial charge in [0, 0.05) is 0 Å². The Morgan fingerprint density at radius 1 is 1.03 bits per heavy atom. The molecule has 0 bridgehead atoms. The monoisotopic (exact) mass is 420 g/mol. The van der Waals surface area contributed by atoms with E-state index in [1.165, 1.54) is 23.6 Å². The average molecular weight is 420 g/mol. The fourth-order valence-electron chi connectivity index (χ4n) is 2.19. The molecule has 0 atom stereocenters. The summed E-state index contributed by atoms with van der Waals surface area (Å²) in [5.74, 6) is 3.80. The van der Waals surface area contributed by atoms with Crippen molar-refractivity contribution >= 4 is 23.8 Å². The molecule has 0 spiro atoms. The van der Waals surface area contributed by atoms with Gasteiger partial charge in [-0.15, -0.1) is 0 Å². The van der Waals surface area contributed by atoms with Crippen LogP contribution in [0.4, 0.5) is 0 Å². The number of oxime groups is 1. The smallest absolute Gasteiger partial charge is 1.00 e. The van der Waals surface area contributed by atoms with E-state index in [-0.39, 0.29) is 43.3 Å². The van der Waals surface area contributed by atoms with Crippen LogP contribution in [0.5, 0.6) is 0 Å². The van der Waals surface area contributed by atoms with Crippen LogP contribution in [0.25, 0.3) is 12.2 Å². The maximum Gasteiger partial charge on any atom is 1.00 e. The van der Waals surface area contributed by atoms with E-state index < -0.39 is 5.97 Å². The molecule has 6 nitrogen and oxygen atoms in total. The molecule has 2 rings (SSSR count). The number of aliphatic carboxylic acids is 1. The number of carbonyl (C=O) groups is 1. The normalized spacial score (nSPS) is 11.0. The molecular weight excluding hydrogens is 391 g/mol. The second-order valence-electron chi connectivity index (χ2n) is 6.24. The molecule has 0 fully saturated rings. The van der Waals surface area contributed by atoms with Crippen LogP contribution in [0, 0.1) is 13.8 Å². The van der Waals surface area contributed by atoms with Crippen LogP contribution in [0.3, 0.4) is 0 Å². The van der Waals surface area contributed by atoms with Gasteiger partial charge in [0.05, 0.1) is 6.61 Å². The molecule has 0 saturated carbocycles. The molecule has 0 aromatic heterocycles. The van der Waals surface area contributed by atoms with E-state index in [2.05, 4.69) is 29.0 Å². The van der Waals surface area contributed by atoms with Crippen molar-refractivity contribution in [3.05, 3.63) is 82.9 Å². The third kappa shape index (κ3) is 13.1. The fraction of sp³-hybridized carbons (Fsp3) is 0.217. The molecule has 0 saturated heterocycles. The molecule has 0 heterocycles. The second kappa shape index (κ2) is 16.6. The Kier molecular flexibility index (Phi) is 15.3. The summed E-state index contributed by atoms with van der Waals surface area (Å²) in [5.41, 5.74) is 4.63. The number of rotatable bonds is 8. The van der Waals surface area contributed by atoms with Gasteiger partial charge in [0.25, 0.3) is 0 Å². The summed E-state index contributed by atoms with van der Waals surface area (Å²) in [6.45, 7) is 6.17. The number of carboxylic acids is 1. The van der Waals surface area contributed by atoms with E-state index in [1.54, 1.807) is 6.08 Å². The van der Waals surface area contributed by atoms with Gasteiger partial charge in [-0.1, -0.05) is 83.0 Å². The Morgan fingerprint density at radius 3 is 1.97 bits per heavy atom. The van der Waals surface area contributed by atoms with Crippen molar-refractivity contribution in [2.45, 2.75) is 20.8 Å². The van der Waals surface area contributed by atoms with Crippen molar-refractivity contribution in [1.29, 1.82) is 0 Å². The zero-order valence-corrected chi connectivity index (χ0v) is 20.0. The molecular formula is C23H29N2NaO4. The van der Waals surface area contributed by atoms with Gasteiger partial charge in [0.1, 0.15) is 6.61 Å². The molecule has 30 heavy (non-hydrogen) atoms. The van der Waals surface area contributed by atoms with Gasteiger partial charge in [-0.3, -0.25) is 0 Å². The first-order valence-corrected chi connectivity index (χ1v) is 9.10. The summed E-state index contributed by atoms with van der Waals surface area (Å²) >= 11 is 0. The quantitative estimate of drug-likeness (QED) is 0.292. The van der Waals surface area contributed by atoms with Gasteiger partial charge in [0.15, 0.2) is 5.71 Å². The first-order valence-electron chi connectivity index (χ1n) is 9.10. The van der Waals surface area contributed by atoms with E-state index in [0.717, 1.165) is 5.56 Å². The molecule has 7 heteroatoms. The summed E-state index contributed by atoms with van der Waals surface area (Å²) in [6.07, 6.45) is 7.56. The number of nitrogens with zero attached hydrogens (tertiary/aromatic N) is 1. The van der Waals surface area contributed by atoms with Crippen molar-refractivity contribution < 1.29 is 50.6 Å². The van der Waals surface area contributed by atoms with Crippen molar-refractivity contribution in [3.8, 4) is 0 Å². The van der Waals surface area contributed by atoms with Crippen molar-refractivity contribution in [2.24, 2.45) is 11.1 Å². The number of nitrogens with two attached hydrogens (primary N) is 1. The minimum Gasteiger partial charge on any atom is -1.00 e. The molecule has 2 aromatic rings. The third-order valence-electron chi connectivity index (χ3n) is 3.58. The third-order valence-corrected chi connectivity index (χ3v) is 3.58. The topological polar surface area (TPSA) is 94.1 Å². The Bertz CT molecular complexity index is 870. The van der Waals surface area contributed by atoms with E-state index >= 15 is 0 Å². The first kappa shape index (κ1) is 27.8. The second-order valence-corrected chi connectivity index (χ2v) is 6.24. The number of hydrogen-bond acceptors (Lipinski definition) is 5. The average Bonchev–Trinajstić information content (AvgIpc) is 2.68. The minimum atomic E-state index is -1.08. The van der Waals surface area contributed by atoms with Crippen LogP contribution < -0.4 is 35.5 Å². The number of carboxylic acid groups (broad SMARTS) is 1. The van der Waals surface area contributed by atoms with Crippen molar-refractivity contribution in [2.75, 3.05) is 13.2 Å². The summed E-state index contributed by atoms with van der Waals surface area (Å²) in [4.78, 5) is 19.6. The molecule has 0 aliphatic rings. The Labute approximate surface area is 201 Å². The zero-order chi connectivity index (χ0) is 21.5. The van der Waals surface area contributed by atoms with E-state index in [9.17, 15) is 4.79 Å². The van der Waals surface area contributed by atoms with E-state index in [1.807, 2.05) is 61.5 Å². The van der Waals surface area contributed by atoms with Gasteiger partial charge in [-0.05, 0) is 38.0 Å². The predicted molar refractivity (Wildman–Crippen MR) is 118 cm³/mol. The molecule has 156 valence electrons. The van der Waals surface area contributed by atoms with Gasteiger partial charge in [-0.25, -0.2) is 10.7 Å². The summed E-state index contributed by atoms with van der Waals surface area (Å²) < 4.78 is 0. The Balaban J connectivity index is 0. The molecule has 0 radical (unpaired) electrons. The van der Waals surface area contributed by atoms with E-state index in [4.69, 9.17) is 15.8 Å². The maximum absolute atomic E-state index is 10.4. The fourth-order valence-corrected chi connectivity index (χ4v) is 2.19. The Hall–Kier alpha value is -2.22. The van der Waals surface area contributed by atoms with Gasteiger partial charge >= 0.3 is 35.5 Å². The predicted octanol–water partition coefficient (Wildman–Crippen LogP) is 1.50. The molecule has 0 amide bonds. The van der Waals surface area contributed by atoms with Crippen LogP contribution in [-0.2, 0) is 14.5 Å². The summed E-state index contributed by atoms with van der Waals surface area (Å²) in [5, 5.41) is 12.0. The minimum absolute atomic E-state index is 0. The van der Waals surface area contributed by atoms with Crippen molar-refractivity contribution in [3.63, 3.8) is 0 Å². The van der Waals surface area contributed by atoms with Gasteiger partial charge < -0.3 is 16.2 Å². The number of hydrogen-bond donors (Lipinski definition) is 2. The molecule has 3 N–H and O–H groups in total. The van der Waals surface area contributed by atoms with Crippen LogP contribution >= 0.6 is 0 Å². The largest absolute Gasteiger partial charge is 1.00 e. The van der Waals surface area contributed by atoms with Crippen LogP contribution in [0.2, 0.25) is 0 Å². The first-order chi connectivity index (χ1) is 13.9. The van der Waals surface area contributed by atoms with Gasteiger partial charge in [-0.2, -0.15) is 0 Å². The van der Waals surface area contributed by atoms with Gasteiger partial charge in [0.2, 0.25) is 0 Å². The molecule has 0 aliphatic heterocycles.